The zero-order valence-electron chi connectivity index (χ0n) is 11.1. The van der Waals surface area contributed by atoms with Crippen LogP contribution in [0.4, 0.5) is 4.79 Å². The molecule has 0 aliphatic heterocycles. The molecule has 0 aliphatic carbocycles. The molecule has 104 valence electrons. The van der Waals surface area contributed by atoms with Gasteiger partial charge in [-0.2, -0.15) is 0 Å². The van der Waals surface area contributed by atoms with E-state index in [1.54, 1.807) is 14.0 Å². The Morgan fingerprint density at radius 2 is 1.78 bits per heavy atom. The molecule has 0 saturated carbocycles. The molecule has 0 aromatic rings. The number of likely N-dealkylation sites (N-methyl/N-ethyl adjacent to an activating group) is 2. The number of urea groups is 1. The number of hydrogen-bond donors (Lipinski definition) is 2. The van der Waals surface area contributed by atoms with Crippen LogP contribution in [0, 0.1) is 0 Å². The summed E-state index contributed by atoms with van der Waals surface area (Å²) >= 11 is 0. The van der Waals surface area contributed by atoms with E-state index in [4.69, 9.17) is 5.11 Å². The van der Waals surface area contributed by atoms with Crippen LogP contribution in [0.3, 0.4) is 0 Å². The van der Waals surface area contributed by atoms with Gasteiger partial charge in [-0.15, -0.1) is 0 Å². The normalized spacial score (nSPS) is 9.72. The summed E-state index contributed by atoms with van der Waals surface area (Å²) in [6, 6.07) is -0.299. The molecule has 0 aromatic carbocycles. The van der Waals surface area contributed by atoms with Gasteiger partial charge in [0.05, 0.1) is 0 Å². The van der Waals surface area contributed by atoms with E-state index in [2.05, 4.69) is 5.32 Å². The standard InChI is InChI=1S/C11H21N3O4/c1-4-12-9(15)8-14(3)11(18)13(2)7-5-6-10(16)17/h4-8H2,1-3H3,(H,12,15)(H,16,17). The van der Waals surface area contributed by atoms with E-state index in [0.717, 1.165) is 0 Å². The SMILES string of the molecule is CCNC(=O)CN(C)C(=O)N(C)CCCC(=O)O. The number of aliphatic carboxylic acids is 1. The second-order valence-electron chi connectivity index (χ2n) is 4.01. The van der Waals surface area contributed by atoms with Crippen molar-refractivity contribution in [2.45, 2.75) is 19.8 Å². The van der Waals surface area contributed by atoms with Crippen LogP contribution in [-0.2, 0) is 9.59 Å². The molecule has 3 amide bonds. The molecule has 0 spiro atoms. The summed E-state index contributed by atoms with van der Waals surface area (Å²) in [5.74, 6) is -1.10. The Bertz CT molecular complexity index is 307. The first kappa shape index (κ1) is 16.2. The summed E-state index contributed by atoms with van der Waals surface area (Å²) in [5, 5.41) is 11.1. The molecule has 0 saturated heterocycles. The highest BCUT2D eigenvalue weighted by Crippen LogP contribution is 1.98. The fraction of sp³-hybridized carbons (Fsp3) is 0.727. The number of carbonyl (C=O) groups excluding carboxylic acids is 2. The van der Waals surface area contributed by atoms with Gasteiger partial charge in [0.15, 0.2) is 0 Å². The van der Waals surface area contributed by atoms with Crippen LogP contribution in [0.25, 0.3) is 0 Å². The number of nitrogens with one attached hydrogen (secondary N) is 1. The molecular formula is C11H21N3O4. The molecule has 0 heterocycles. The maximum Gasteiger partial charge on any atom is 0.319 e. The van der Waals surface area contributed by atoms with Gasteiger partial charge in [0, 0.05) is 33.6 Å². The quantitative estimate of drug-likeness (QED) is 0.672. The van der Waals surface area contributed by atoms with Crippen molar-refractivity contribution in [3.05, 3.63) is 0 Å². The molecule has 7 nitrogen and oxygen atoms in total. The lowest BCUT2D eigenvalue weighted by molar-refractivity contribution is -0.137. The first-order chi connectivity index (χ1) is 8.38. The van der Waals surface area contributed by atoms with Crippen LogP contribution in [0.5, 0.6) is 0 Å². The first-order valence-electron chi connectivity index (χ1n) is 5.83. The molecule has 2 N–H and O–H groups in total. The molecular weight excluding hydrogens is 238 g/mol. The Morgan fingerprint density at radius 1 is 1.17 bits per heavy atom. The predicted molar refractivity (Wildman–Crippen MR) is 66.2 cm³/mol. The molecule has 18 heavy (non-hydrogen) atoms. The van der Waals surface area contributed by atoms with Crippen molar-refractivity contribution < 1.29 is 19.5 Å². The maximum atomic E-state index is 11.8. The van der Waals surface area contributed by atoms with Crippen LogP contribution >= 0.6 is 0 Å². The van der Waals surface area contributed by atoms with Crippen LogP contribution in [0.2, 0.25) is 0 Å². The monoisotopic (exact) mass is 259 g/mol. The first-order valence-corrected chi connectivity index (χ1v) is 5.83. The fourth-order valence-electron chi connectivity index (χ4n) is 1.39. The summed E-state index contributed by atoms with van der Waals surface area (Å²) in [4.78, 5) is 36.1. The van der Waals surface area contributed by atoms with Gasteiger partial charge in [-0.05, 0) is 13.3 Å². The van der Waals surface area contributed by atoms with E-state index < -0.39 is 5.97 Å². The summed E-state index contributed by atoms with van der Waals surface area (Å²) in [6.45, 7) is 2.67. The Balaban J connectivity index is 4.03. The largest absolute Gasteiger partial charge is 0.481 e. The van der Waals surface area contributed by atoms with Gasteiger partial charge in [-0.25, -0.2) is 4.79 Å². The third-order valence-corrected chi connectivity index (χ3v) is 2.29. The Labute approximate surface area is 107 Å². The Morgan fingerprint density at radius 3 is 2.28 bits per heavy atom. The van der Waals surface area contributed by atoms with Gasteiger partial charge in [-0.3, -0.25) is 9.59 Å². The smallest absolute Gasteiger partial charge is 0.319 e. The van der Waals surface area contributed by atoms with Crippen molar-refractivity contribution in [1.82, 2.24) is 15.1 Å². The van der Waals surface area contributed by atoms with Crippen molar-refractivity contribution in [3.63, 3.8) is 0 Å². The van der Waals surface area contributed by atoms with Gasteiger partial charge in [0.25, 0.3) is 0 Å². The van der Waals surface area contributed by atoms with Crippen molar-refractivity contribution in [2.75, 3.05) is 33.7 Å². The lowest BCUT2D eigenvalue weighted by atomic mass is 10.3. The maximum absolute atomic E-state index is 11.8. The van der Waals surface area contributed by atoms with Crippen molar-refractivity contribution in [3.8, 4) is 0 Å². The third-order valence-electron chi connectivity index (χ3n) is 2.29. The average Bonchev–Trinajstić information content (AvgIpc) is 2.27. The lowest BCUT2D eigenvalue weighted by Crippen LogP contribution is -2.44. The topological polar surface area (TPSA) is 90.0 Å². The Hall–Kier alpha value is -1.79. The second kappa shape index (κ2) is 8.32. The van der Waals surface area contributed by atoms with Gasteiger partial charge in [0.1, 0.15) is 6.54 Å². The number of carboxylic acid groups (broad SMARTS) is 1. The number of carbonyl (C=O) groups is 3. The second-order valence-corrected chi connectivity index (χ2v) is 4.01. The predicted octanol–water partition coefficient (Wildman–Crippen LogP) is -0.0291. The van der Waals surface area contributed by atoms with E-state index in [9.17, 15) is 14.4 Å². The number of hydrogen-bond acceptors (Lipinski definition) is 3. The highest BCUT2D eigenvalue weighted by Gasteiger charge is 2.16. The van der Waals surface area contributed by atoms with Crippen LogP contribution in [-0.4, -0.2) is 66.5 Å². The van der Waals surface area contributed by atoms with Gasteiger partial charge < -0.3 is 20.2 Å². The van der Waals surface area contributed by atoms with Crippen molar-refractivity contribution in [2.24, 2.45) is 0 Å². The van der Waals surface area contributed by atoms with Crippen LogP contribution < -0.4 is 5.32 Å². The molecule has 0 atom stereocenters. The van der Waals surface area contributed by atoms with E-state index in [0.29, 0.717) is 19.5 Å². The molecule has 0 aliphatic rings. The van der Waals surface area contributed by atoms with Crippen molar-refractivity contribution in [1.29, 1.82) is 0 Å². The molecule has 0 radical (unpaired) electrons. The minimum atomic E-state index is -0.883. The number of amides is 3. The zero-order valence-corrected chi connectivity index (χ0v) is 11.1. The van der Waals surface area contributed by atoms with Gasteiger partial charge in [0.2, 0.25) is 5.91 Å². The summed E-state index contributed by atoms with van der Waals surface area (Å²) in [5.41, 5.74) is 0. The highest BCUT2D eigenvalue weighted by atomic mass is 16.4. The molecule has 0 bridgehead atoms. The molecule has 0 aromatic heterocycles. The molecule has 0 rings (SSSR count). The lowest BCUT2D eigenvalue weighted by Gasteiger charge is -2.24. The summed E-state index contributed by atoms with van der Waals surface area (Å²) in [7, 11) is 3.11. The van der Waals surface area contributed by atoms with Crippen molar-refractivity contribution >= 4 is 17.9 Å². The minimum absolute atomic E-state index is 0.00402. The molecule has 7 heteroatoms. The van der Waals surface area contributed by atoms with Crippen LogP contribution in [0.15, 0.2) is 0 Å². The average molecular weight is 259 g/mol. The van der Waals surface area contributed by atoms with E-state index in [1.165, 1.54) is 16.8 Å². The number of nitrogens with zero attached hydrogens (tertiary/aromatic N) is 2. The highest BCUT2D eigenvalue weighted by molar-refractivity contribution is 5.83. The number of rotatable bonds is 7. The molecule has 0 unspecified atom stereocenters. The summed E-state index contributed by atoms with van der Waals surface area (Å²) < 4.78 is 0. The third kappa shape index (κ3) is 6.72. The molecule has 0 fully saturated rings. The van der Waals surface area contributed by atoms with Gasteiger partial charge in [-0.1, -0.05) is 0 Å². The zero-order chi connectivity index (χ0) is 14.1. The fourth-order valence-corrected chi connectivity index (χ4v) is 1.39. The Kier molecular flexibility index (Phi) is 7.50. The summed E-state index contributed by atoms with van der Waals surface area (Å²) in [6.07, 6.45) is 0.421. The van der Waals surface area contributed by atoms with E-state index >= 15 is 0 Å². The minimum Gasteiger partial charge on any atom is -0.481 e. The number of carboxylic acids is 1. The van der Waals surface area contributed by atoms with Crippen LogP contribution in [0.1, 0.15) is 19.8 Å². The van der Waals surface area contributed by atoms with Gasteiger partial charge >= 0.3 is 12.0 Å². The van der Waals surface area contributed by atoms with E-state index in [1.807, 2.05) is 0 Å². The van der Waals surface area contributed by atoms with E-state index in [-0.39, 0.29) is 24.9 Å².